The van der Waals surface area contributed by atoms with Gasteiger partial charge in [0.25, 0.3) is 0 Å². The lowest BCUT2D eigenvalue weighted by atomic mass is 10.2. The van der Waals surface area contributed by atoms with Gasteiger partial charge in [-0.3, -0.25) is 4.79 Å². The largest absolute Gasteiger partial charge is 0.469 e. The number of rotatable bonds is 21. The highest BCUT2D eigenvalue weighted by atomic mass is 16.6. The van der Waals surface area contributed by atoms with Crippen LogP contribution in [0.15, 0.2) is 0 Å². The zero-order valence-corrected chi connectivity index (χ0v) is 16.7. The Balaban J connectivity index is 3.00. The standard InChI is InChI=1S/C19H38O7/c1-3-4-5-6-7-9-22-11-13-24-15-17-26-18-16-25-14-12-23-10-8-19(20)21-2/h3-18H2,1-2H3. The van der Waals surface area contributed by atoms with Gasteiger partial charge in [-0.25, -0.2) is 0 Å². The molecule has 0 aromatic heterocycles. The Kier molecular flexibility index (Phi) is 21.7. The van der Waals surface area contributed by atoms with Crippen LogP contribution < -0.4 is 0 Å². The van der Waals surface area contributed by atoms with Crippen LogP contribution in [-0.4, -0.2) is 79.1 Å². The van der Waals surface area contributed by atoms with Crippen LogP contribution in [0.25, 0.3) is 0 Å². The van der Waals surface area contributed by atoms with Gasteiger partial charge in [0.15, 0.2) is 0 Å². The smallest absolute Gasteiger partial charge is 0.307 e. The summed E-state index contributed by atoms with van der Waals surface area (Å²) in [6, 6.07) is 0. The van der Waals surface area contributed by atoms with Crippen molar-refractivity contribution >= 4 is 5.97 Å². The van der Waals surface area contributed by atoms with Crippen LogP contribution >= 0.6 is 0 Å². The van der Waals surface area contributed by atoms with Crippen molar-refractivity contribution in [1.29, 1.82) is 0 Å². The monoisotopic (exact) mass is 378 g/mol. The maximum atomic E-state index is 10.8. The highest BCUT2D eigenvalue weighted by Crippen LogP contribution is 2.02. The normalized spacial score (nSPS) is 11.0. The van der Waals surface area contributed by atoms with Crippen LogP contribution in [0.1, 0.15) is 45.4 Å². The van der Waals surface area contributed by atoms with Crippen LogP contribution in [0.3, 0.4) is 0 Å². The summed E-state index contributed by atoms with van der Waals surface area (Å²) in [6.45, 7) is 7.76. The van der Waals surface area contributed by atoms with Gasteiger partial charge in [0.05, 0.1) is 73.0 Å². The fraction of sp³-hybridized carbons (Fsp3) is 0.947. The molecule has 0 radical (unpaired) electrons. The van der Waals surface area contributed by atoms with Crippen molar-refractivity contribution < 1.29 is 33.2 Å². The zero-order valence-electron chi connectivity index (χ0n) is 16.7. The number of methoxy groups -OCH3 is 1. The first-order valence-electron chi connectivity index (χ1n) is 9.76. The van der Waals surface area contributed by atoms with Crippen molar-refractivity contribution in [2.75, 3.05) is 73.2 Å². The van der Waals surface area contributed by atoms with Crippen LogP contribution in [0.5, 0.6) is 0 Å². The van der Waals surface area contributed by atoms with Gasteiger partial charge < -0.3 is 28.4 Å². The van der Waals surface area contributed by atoms with E-state index >= 15 is 0 Å². The summed E-state index contributed by atoms with van der Waals surface area (Å²) in [6.07, 6.45) is 6.56. The topological polar surface area (TPSA) is 72.5 Å². The van der Waals surface area contributed by atoms with Gasteiger partial charge >= 0.3 is 5.97 Å². The molecule has 0 heterocycles. The predicted octanol–water partition coefficient (Wildman–Crippen LogP) is 2.60. The molecule has 0 aromatic carbocycles. The summed E-state index contributed by atoms with van der Waals surface area (Å²) in [5.41, 5.74) is 0. The van der Waals surface area contributed by atoms with E-state index in [0.717, 1.165) is 13.0 Å². The number of hydrogen-bond acceptors (Lipinski definition) is 7. The molecule has 7 nitrogen and oxygen atoms in total. The van der Waals surface area contributed by atoms with Gasteiger partial charge in [0.1, 0.15) is 0 Å². The van der Waals surface area contributed by atoms with Crippen molar-refractivity contribution in [2.24, 2.45) is 0 Å². The summed E-state index contributed by atoms with van der Waals surface area (Å²) < 4.78 is 31.4. The molecule has 26 heavy (non-hydrogen) atoms. The molecule has 0 atom stereocenters. The molecule has 0 aliphatic heterocycles. The highest BCUT2D eigenvalue weighted by Gasteiger charge is 1.99. The molecule has 0 saturated carbocycles. The van der Waals surface area contributed by atoms with Crippen molar-refractivity contribution in [1.82, 2.24) is 0 Å². The summed E-state index contributed by atoms with van der Waals surface area (Å²) >= 11 is 0. The quantitative estimate of drug-likeness (QED) is 0.224. The second kappa shape index (κ2) is 22.3. The molecule has 0 saturated heterocycles. The molecule has 0 aromatic rings. The third kappa shape index (κ3) is 21.3. The molecule has 0 aliphatic rings. The Morgan fingerprint density at radius 2 is 1.00 bits per heavy atom. The first-order valence-corrected chi connectivity index (χ1v) is 9.76. The maximum absolute atomic E-state index is 10.8. The lowest BCUT2D eigenvalue weighted by Crippen LogP contribution is -2.14. The fourth-order valence-corrected chi connectivity index (χ4v) is 2.05. The van der Waals surface area contributed by atoms with Crippen LogP contribution in [-0.2, 0) is 33.2 Å². The van der Waals surface area contributed by atoms with Gasteiger partial charge in [0.2, 0.25) is 0 Å². The van der Waals surface area contributed by atoms with E-state index in [2.05, 4.69) is 11.7 Å². The number of esters is 1. The van der Waals surface area contributed by atoms with E-state index in [1.807, 2.05) is 0 Å². The second-order valence-electron chi connectivity index (χ2n) is 5.80. The molecule has 7 heteroatoms. The molecule has 0 spiro atoms. The van der Waals surface area contributed by atoms with Gasteiger partial charge in [-0.15, -0.1) is 0 Å². The Labute approximate surface area is 158 Å². The van der Waals surface area contributed by atoms with Crippen LogP contribution in [0.2, 0.25) is 0 Å². The van der Waals surface area contributed by atoms with Crippen molar-refractivity contribution in [3.8, 4) is 0 Å². The Morgan fingerprint density at radius 3 is 1.46 bits per heavy atom. The number of carbonyl (C=O) groups excluding carboxylic acids is 1. The minimum absolute atomic E-state index is 0.267. The molecular weight excluding hydrogens is 340 g/mol. The van der Waals surface area contributed by atoms with Gasteiger partial charge in [-0.1, -0.05) is 32.6 Å². The zero-order chi connectivity index (χ0) is 19.1. The van der Waals surface area contributed by atoms with E-state index in [4.69, 9.17) is 23.7 Å². The highest BCUT2D eigenvalue weighted by molar-refractivity contribution is 5.69. The Bertz CT molecular complexity index is 287. The summed E-state index contributed by atoms with van der Waals surface area (Å²) in [5, 5.41) is 0. The Morgan fingerprint density at radius 1 is 0.577 bits per heavy atom. The predicted molar refractivity (Wildman–Crippen MR) is 99.5 cm³/mol. The van der Waals surface area contributed by atoms with Crippen LogP contribution in [0.4, 0.5) is 0 Å². The van der Waals surface area contributed by atoms with E-state index in [0.29, 0.717) is 59.5 Å². The molecule has 0 aliphatic carbocycles. The van der Waals surface area contributed by atoms with E-state index < -0.39 is 0 Å². The van der Waals surface area contributed by atoms with Crippen molar-refractivity contribution in [3.63, 3.8) is 0 Å². The molecule has 0 fully saturated rings. The third-order valence-corrected chi connectivity index (χ3v) is 3.56. The molecule has 0 unspecified atom stereocenters. The number of ether oxygens (including phenoxy) is 6. The van der Waals surface area contributed by atoms with E-state index in [-0.39, 0.29) is 12.4 Å². The number of carbonyl (C=O) groups is 1. The summed E-state index contributed by atoms with van der Waals surface area (Å²) in [5.74, 6) is -0.268. The summed E-state index contributed by atoms with van der Waals surface area (Å²) in [4.78, 5) is 10.8. The van der Waals surface area contributed by atoms with Crippen molar-refractivity contribution in [2.45, 2.75) is 45.4 Å². The number of unbranched alkanes of at least 4 members (excludes halogenated alkanes) is 4. The SMILES string of the molecule is CCCCCCCOCCOCCOCCOCCOCCC(=O)OC. The number of hydrogen-bond donors (Lipinski definition) is 0. The van der Waals surface area contributed by atoms with E-state index in [1.165, 1.54) is 32.8 Å². The van der Waals surface area contributed by atoms with Gasteiger partial charge in [-0.2, -0.15) is 0 Å². The minimum atomic E-state index is -0.268. The Hall–Kier alpha value is -0.730. The van der Waals surface area contributed by atoms with E-state index in [1.54, 1.807) is 0 Å². The van der Waals surface area contributed by atoms with Crippen LogP contribution in [0, 0.1) is 0 Å². The van der Waals surface area contributed by atoms with Gasteiger partial charge in [0, 0.05) is 6.61 Å². The first-order chi connectivity index (χ1) is 12.8. The lowest BCUT2D eigenvalue weighted by Gasteiger charge is -2.08. The second-order valence-corrected chi connectivity index (χ2v) is 5.80. The average Bonchev–Trinajstić information content (AvgIpc) is 2.66. The molecule has 0 rings (SSSR count). The summed E-state index contributed by atoms with van der Waals surface area (Å²) in [7, 11) is 1.36. The molecular formula is C19H38O7. The van der Waals surface area contributed by atoms with E-state index in [9.17, 15) is 4.79 Å². The third-order valence-electron chi connectivity index (χ3n) is 3.56. The fourth-order valence-electron chi connectivity index (χ4n) is 2.05. The molecule has 0 N–H and O–H groups in total. The molecule has 0 amide bonds. The minimum Gasteiger partial charge on any atom is -0.469 e. The first kappa shape index (κ1) is 25.3. The average molecular weight is 379 g/mol. The maximum Gasteiger partial charge on any atom is 0.307 e. The van der Waals surface area contributed by atoms with Crippen molar-refractivity contribution in [3.05, 3.63) is 0 Å². The van der Waals surface area contributed by atoms with Gasteiger partial charge in [-0.05, 0) is 6.42 Å². The molecule has 156 valence electrons. The molecule has 0 bridgehead atoms. The lowest BCUT2D eigenvalue weighted by molar-refractivity contribution is -0.141.